The second-order valence-electron chi connectivity index (χ2n) is 7.62. The number of rotatable bonds is 1. The summed E-state index contributed by atoms with van der Waals surface area (Å²) in [5, 5.41) is 3.43. The standard InChI is InChI=1S/C20H21N3O5S/c24-19(14-6-7-16-17(10-14)28-13-27-16)23-9-3-8-20(12-23)11-21-29(25,26)18-5-2-1-4-15(18)22-20/h1-2,4-7,10H,3,8-9,11-13H2,(H2-,21,22,25,26). The van der Waals surface area contributed by atoms with Gasteiger partial charge < -0.3 is 24.2 Å². The molecule has 9 heteroatoms. The molecule has 5 rings (SSSR count). The van der Waals surface area contributed by atoms with Crippen molar-refractivity contribution >= 4 is 22.0 Å². The Kier molecular flexibility index (Phi) is 4.27. The van der Waals surface area contributed by atoms with Crippen LogP contribution in [0, 0.1) is 0 Å². The number of hydrogen-bond acceptors (Lipinski definition) is 6. The average Bonchev–Trinajstić information content (AvgIpc) is 3.16. The quantitative estimate of drug-likeness (QED) is 0.691. The van der Waals surface area contributed by atoms with Gasteiger partial charge in [-0.2, -0.15) is 0 Å². The van der Waals surface area contributed by atoms with E-state index in [-0.39, 0.29) is 24.1 Å². The van der Waals surface area contributed by atoms with Crippen molar-refractivity contribution in [1.82, 2.24) is 9.62 Å². The van der Waals surface area contributed by atoms with Gasteiger partial charge in [0.1, 0.15) is 0 Å². The maximum absolute atomic E-state index is 13.1. The Balaban J connectivity index is 1.42. The van der Waals surface area contributed by atoms with Gasteiger partial charge in [-0.15, -0.1) is 4.72 Å². The Hall–Kier alpha value is -2.62. The van der Waals surface area contributed by atoms with Crippen LogP contribution < -0.4 is 19.5 Å². The summed E-state index contributed by atoms with van der Waals surface area (Å²) < 4.78 is 38.6. The smallest absolute Gasteiger partial charge is 0.254 e. The average molecular weight is 415 g/mol. The van der Waals surface area contributed by atoms with Gasteiger partial charge in [-0.25, -0.2) is 0 Å². The van der Waals surface area contributed by atoms with Gasteiger partial charge >= 0.3 is 0 Å². The molecule has 0 bridgehead atoms. The molecule has 1 saturated heterocycles. The van der Waals surface area contributed by atoms with Crippen molar-refractivity contribution in [3.8, 4) is 11.5 Å². The lowest BCUT2D eigenvalue weighted by atomic mass is 9.88. The molecule has 3 aliphatic heterocycles. The van der Waals surface area contributed by atoms with E-state index in [4.69, 9.17) is 9.47 Å². The van der Waals surface area contributed by atoms with E-state index in [2.05, 4.69) is 10.0 Å². The summed E-state index contributed by atoms with van der Waals surface area (Å²) in [4.78, 5) is 15.2. The predicted molar refractivity (Wildman–Crippen MR) is 106 cm³/mol. The third-order valence-electron chi connectivity index (χ3n) is 5.66. The van der Waals surface area contributed by atoms with E-state index < -0.39 is 15.9 Å². The number of anilines is 1. The van der Waals surface area contributed by atoms with Crippen LogP contribution in [-0.2, 0) is 14.6 Å². The number of amides is 1. The second kappa shape index (κ2) is 6.72. The number of piperidine rings is 1. The van der Waals surface area contributed by atoms with Crippen LogP contribution in [0.25, 0.3) is 0 Å². The molecule has 29 heavy (non-hydrogen) atoms. The largest absolute Gasteiger partial charge is 0.593 e. The summed E-state index contributed by atoms with van der Waals surface area (Å²) in [6.07, 6.45) is 1.53. The van der Waals surface area contributed by atoms with Crippen LogP contribution in [0.5, 0.6) is 11.5 Å². The molecule has 0 saturated carbocycles. The van der Waals surface area contributed by atoms with Crippen molar-refractivity contribution in [2.75, 3.05) is 31.7 Å². The number of benzene rings is 2. The normalized spacial score (nSPS) is 27.8. The van der Waals surface area contributed by atoms with E-state index in [1.54, 1.807) is 47.4 Å². The number of carbonyl (C=O) groups excluding carboxylic acids is 1. The summed E-state index contributed by atoms with van der Waals surface area (Å²) in [6, 6.07) is 12.0. The number of nitrogens with zero attached hydrogens (tertiary/aromatic N) is 1. The van der Waals surface area contributed by atoms with Crippen molar-refractivity contribution < 1.29 is 23.0 Å². The number of likely N-dealkylation sites (tertiary alicyclic amines) is 1. The van der Waals surface area contributed by atoms with Crippen molar-refractivity contribution in [1.29, 1.82) is 0 Å². The highest BCUT2D eigenvalue weighted by Gasteiger charge is 2.43. The molecule has 2 N–H and O–H groups in total. The fraction of sp³-hybridized carbons (Fsp3) is 0.350. The molecule has 2 unspecified atom stereocenters. The highest BCUT2D eigenvalue weighted by molar-refractivity contribution is 7.96. The summed E-state index contributed by atoms with van der Waals surface area (Å²) >= 11 is 0. The van der Waals surface area contributed by atoms with Crippen LogP contribution in [0.2, 0.25) is 0 Å². The minimum atomic E-state index is -3.60. The summed E-state index contributed by atoms with van der Waals surface area (Å²) in [5.41, 5.74) is 0.528. The maximum atomic E-state index is 13.1. The lowest BCUT2D eigenvalue weighted by molar-refractivity contribution is 0.0663. The van der Waals surface area contributed by atoms with Gasteiger partial charge in [-0.1, -0.05) is 16.3 Å². The Labute approximate surface area is 169 Å². The molecule has 1 spiro atoms. The number of hydrogen-bond donors (Lipinski definition) is 2. The first kappa shape index (κ1) is 18.4. The number of para-hydroxylation sites is 1. The number of ether oxygens (including phenoxy) is 2. The second-order valence-corrected chi connectivity index (χ2v) is 9.36. The molecule has 2 aromatic rings. The van der Waals surface area contributed by atoms with Crippen LogP contribution in [0.4, 0.5) is 5.69 Å². The van der Waals surface area contributed by atoms with Crippen molar-refractivity contribution in [3.05, 3.63) is 48.0 Å². The fourth-order valence-corrected chi connectivity index (χ4v) is 5.50. The van der Waals surface area contributed by atoms with E-state index in [1.807, 2.05) is 0 Å². The highest BCUT2D eigenvalue weighted by Crippen LogP contribution is 2.36. The first-order valence-electron chi connectivity index (χ1n) is 9.52. The Morgan fingerprint density at radius 1 is 1.17 bits per heavy atom. The van der Waals surface area contributed by atoms with E-state index in [9.17, 15) is 13.6 Å². The molecular weight excluding hydrogens is 394 g/mol. The van der Waals surface area contributed by atoms with Crippen LogP contribution in [-0.4, -0.2) is 47.3 Å². The van der Waals surface area contributed by atoms with E-state index >= 15 is 0 Å². The van der Waals surface area contributed by atoms with Gasteiger partial charge in [-0.3, -0.25) is 4.79 Å². The van der Waals surface area contributed by atoms with E-state index in [0.717, 1.165) is 12.8 Å². The van der Waals surface area contributed by atoms with Crippen LogP contribution in [0.15, 0.2) is 47.4 Å². The number of sulfonamides is 1. The van der Waals surface area contributed by atoms with Gasteiger partial charge in [-0.05, 0) is 43.2 Å². The molecule has 1 amide bonds. The first-order valence-corrected chi connectivity index (χ1v) is 11.0. The zero-order valence-electron chi connectivity index (χ0n) is 15.7. The maximum Gasteiger partial charge on any atom is 0.254 e. The summed E-state index contributed by atoms with van der Waals surface area (Å²) in [5.74, 6) is 1.09. The minimum absolute atomic E-state index is 0.107. The topological polar surface area (TPSA) is 103 Å². The molecule has 8 nitrogen and oxygen atoms in total. The fourth-order valence-electron chi connectivity index (χ4n) is 4.21. The number of nitrogens with one attached hydrogen (secondary N) is 2. The summed E-state index contributed by atoms with van der Waals surface area (Å²) in [7, 11) is -3.60. The molecule has 3 heterocycles. The van der Waals surface area contributed by atoms with Crippen molar-refractivity contribution in [2.45, 2.75) is 23.3 Å². The van der Waals surface area contributed by atoms with Crippen LogP contribution in [0.3, 0.4) is 0 Å². The van der Waals surface area contributed by atoms with Gasteiger partial charge in [0.15, 0.2) is 26.8 Å². The number of fused-ring (bicyclic) bond motifs is 2. The lowest BCUT2D eigenvalue weighted by Crippen LogP contribution is -2.59. The van der Waals surface area contributed by atoms with Gasteiger partial charge in [0, 0.05) is 18.7 Å². The lowest BCUT2D eigenvalue weighted by Gasteiger charge is -2.42. The molecular formula is C20H21N3O5S. The Bertz CT molecular complexity index is 1030. The van der Waals surface area contributed by atoms with Gasteiger partial charge in [0.25, 0.3) is 5.91 Å². The molecule has 1 fully saturated rings. The Morgan fingerprint density at radius 3 is 2.90 bits per heavy atom. The third kappa shape index (κ3) is 3.25. The van der Waals surface area contributed by atoms with Crippen LogP contribution in [0.1, 0.15) is 23.2 Å². The molecule has 0 radical (unpaired) electrons. The monoisotopic (exact) mass is 415 g/mol. The number of carbonyl (C=O) groups is 1. The molecule has 2 atom stereocenters. The molecule has 3 aliphatic rings. The molecule has 0 aromatic heterocycles. The molecule has 152 valence electrons. The van der Waals surface area contributed by atoms with E-state index in [1.165, 1.54) is 0 Å². The first-order chi connectivity index (χ1) is 14.0. The Morgan fingerprint density at radius 2 is 2.00 bits per heavy atom. The third-order valence-corrected chi connectivity index (χ3v) is 7.12. The molecule has 0 aliphatic carbocycles. The zero-order chi connectivity index (χ0) is 20.1. The van der Waals surface area contributed by atoms with Crippen molar-refractivity contribution in [3.63, 3.8) is 0 Å². The minimum Gasteiger partial charge on any atom is -0.593 e. The predicted octanol–water partition coefficient (Wildman–Crippen LogP) is 2.01. The SMILES string of the molecule is O=C(c1ccc2c(c1)OCO2)N1CCCC2(CN[S+](=O)([O-])c3ccccc3N2)C1. The zero-order valence-corrected chi connectivity index (χ0v) is 16.5. The van der Waals surface area contributed by atoms with Gasteiger partial charge in [0.2, 0.25) is 6.79 Å². The summed E-state index contributed by atoms with van der Waals surface area (Å²) in [6.45, 7) is 1.39. The van der Waals surface area contributed by atoms with Gasteiger partial charge in [0.05, 0.1) is 17.8 Å². The van der Waals surface area contributed by atoms with E-state index in [0.29, 0.717) is 35.8 Å². The highest BCUT2D eigenvalue weighted by atomic mass is 32.3. The van der Waals surface area contributed by atoms with Crippen LogP contribution >= 0.6 is 0 Å². The van der Waals surface area contributed by atoms with Crippen molar-refractivity contribution in [2.24, 2.45) is 0 Å². The molecule has 2 aromatic carbocycles.